The van der Waals surface area contributed by atoms with Gasteiger partial charge in [-0.3, -0.25) is 34.4 Å². The monoisotopic (exact) mass is 560 g/mol. The van der Waals surface area contributed by atoms with Crippen LogP contribution in [0.4, 0.5) is 14.5 Å². The topological polar surface area (TPSA) is 73.0 Å². The number of halogens is 2. The first-order valence-electron chi connectivity index (χ1n) is 14.2. The SMILES string of the molecule is CC(C)(C)N1CCN(Cc2ccc(Cc3ccc4c5c(cc(F)cc35)C(=O)N4C3CCC(=O)NC3=O)c(F)c2)CC1. The van der Waals surface area contributed by atoms with Crippen LogP contribution in [0.1, 0.15) is 60.7 Å². The number of carbonyl (C=O) groups is 3. The predicted octanol–water partition coefficient (Wildman–Crippen LogP) is 4.39. The van der Waals surface area contributed by atoms with Crippen molar-refractivity contribution < 1.29 is 23.2 Å². The molecule has 7 nitrogen and oxygen atoms in total. The first-order chi connectivity index (χ1) is 19.5. The number of carbonyl (C=O) groups excluding carboxylic acids is 3. The van der Waals surface area contributed by atoms with Crippen LogP contribution in [0.15, 0.2) is 42.5 Å². The lowest BCUT2D eigenvalue weighted by atomic mass is 9.95. The van der Waals surface area contributed by atoms with Gasteiger partial charge in [0.25, 0.3) is 5.91 Å². The molecule has 6 rings (SSSR count). The number of rotatable bonds is 5. The number of nitrogens with one attached hydrogen (secondary N) is 1. The lowest BCUT2D eigenvalue weighted by Crippen LogP contribution is -2.53. The third-order valence-electron chi connectivity index (χ3n) is 8.60. The quantitative estimate of drug-likeness (QED) is 0.469. The Morgan fingerprint density at radius 2 is 1.66 bits per heavy atom. The van der Waals surface area contributed by atoms with Gasteiger partial charge in [0.2, 0.25) is 11.8 Å². The van der Waals surface area contributed by atoms with Crippen LogP contribution in [0.25, 0.3) is 10.8 Å². The van der Waals surface area contributed by atoms with Gasteiger partial charge in [-0.1, -0.05) is 18.2 Å². The van der Waals surface area contributed by atoms with Gasteiger partial charge in [0.05, 0.1) is 11.3 Å². The van der Waals surface area contributed by atoms with Crippen LogP contribution in [0, 0.1) is 11.6 Å². The van der Waals surface area contributed by atoms with Crippen LogP contribution < -0.4 is 10.2 Å². The lowest BCUT2D eigenvalue weighted by Gasteiger charge is -2.42. The molecule has 0 spiro atoms. The van der Waals surface area contributed by atoms with Gasteiger partial charge >= 0.3 is 0 Å². The zero-order valence-corrected chi connectivity index (χ0v) is 23.6. The molecule has 3 aliphatic rings. The number of anilines is 1. The van der Waals surface area contributed by atoms with E-state index in [-0.39, 0.29) is 42.1 Å². The summed E-state index contributed by atoms with van der Waals surface area (Å²) in [5, 5.41) is 3.35. The lowest BCUT2D eigenvalue weighted by molar-refractivity contribution is -0.134. The summed E-state index contributed by atoms with van der Waals surface area (Å²) in [6.07, 6.45) is 0.539. The number of hydrogen-bond acceptors (Lipinski definition) is 5. The third kappa shape index (κ3) is 5.13. The molecule has 3 heterocycles. The average molecular weight is 561 g/mol. The van der Waals surface area contributed by atoms with Crippen molar-refractivity contribution in [2.75, 3.05) is 31.1 Å². The number of piperazine rings is 1. The Hall–Kier alpha value is -3.69. The van der Waals surface area contributed by atoms with E-state index in [1.165, 1.54) is 17.0 Å². The molecule has 0 radical (unpaired) electrons. The van der Waals surface area contributed by atoms with Crippen LogP contribution in [0.5, 0.6) is 0 Å². The van der Waals surface area contributed by atoms with Gasteiger partial charge in [-0.05, 0) is 73.5 Å². The molecule has 41 heavy (non-hydrogen) atoms. The zero-order chi connectivity index (χ0) is 29.1. The molecule has 1 unspecified atom stereocenters. The van der Waals surface area contributed by atoms with E-state index in [2.05, 4.69) is 35.9 Å². The van der Waals surface area contributed by atoms with Crippen molar-refractivity contribution in [3.8, 4) is 0 Å². The number of hydrogen-bond donors (Lipinski definition) is 1. The van der Waals surface area contributed by atoms with Crippen molar-refractivity contribution >= 4 is 34.2 Å². The fourth-order valence-electron chi connectivity index (χ4n) is 6.36. The van der Waals surface area contributed by atoms with Crippen LogP contribution in [0.3, 0.4) is 0 Å². The van der Waals surface area contributed by atoms with Crippen LogP contribution in [-0.2, 0) is 22.6 Å². The third-order valence-corrected chi connectivity index (χ3v) is 8.60. The van der Waals surface area contributed by atoms with E-state index in [0.29, 0.717) is 34.1 Å². The minimum absolute atomic E-state index is 0.120. The standard InChI is InChI=1S/C32H34F2N4O3/c1-32(2,3)37-12-10-36(11-13-37)18-19-4-5-21(25(34)14-19)15-20-6-7-26-29-23(20)16-22(33)17-24(29)31(41)38(26)27-8-9-28(39)35-30(27)40/h4-7,14,16-17,27H,8-13,15,18H2,1-3H3,(H,35,39,40). The number of nitrogens with zero attached hydrogens (tertiary/aromatic N) is 3. The summed E-state index contributed by atoms with van der Waals surface area (Å²) in [6.45, 7) is 11.2. The number of imide groups is 1. The van der Waals surface area contributed by atoms with Crippen LogP contribution in [-0.4, -0.2) is 65.3 Å². The Morgan fingerprint density at radius 1 is 0.927 bits per heavy atom. The molecule has 9 heteroatoms. The molecular formula is C32H34F2N4O3. The second-order valence-corrected chi connectivity index (χ2v) is 12.3. The Bertz CT molecular complexity index is 1570. The van der Waals surface area contributed by atoms with Crippen molar-refractivity contribution in [3.63, 3.8) is 0 Å². The highest BCUT2D eigenvalue weighted by molar-refractivity contribution is 6.27. The number of piperidine rings is 1. The van der Waals surface area contributed by atoms with Crippen molar-refractivity contribution in [2.45, 2.75) is 58.2 Å². The molecular weight excluding hydrogens is 526 g/mol. The Kier molecular flexibility index (Phi) is 6.90. The Labute approximate surface area is 238 Å². The number of benzene rings is 3. The fraction of sp³-hybridized carbons (Fsp3) is 0.406. The van der Waals surface area contributed by atoms with Crippen molar-refractivity contribution in [1.29, 1.82) is 0 Å². The summed E-state index contributed by atoms with van der Waals surface area (Å²) in [5.74, 6) is -2.29. The average Bonchev–Trinajstić information content (AvgIpc) is 3.18. The van der Waals surface area contributed by atoms with E-state index in [1.807, 2.05) is 6.07 Å². The molecule has 3 aromatic rings. The van der Waals surface area contributed by atoms with Crippen molar-refractivity contribution in [2.24, 2.45) is 0 Å². The molecule has 3 amide bonds. The molecule has 0 bridgehead atoms. The van der Waals surface area contributed by atoms with E-state index >= 15 is 4.39 Å². The molecule has 1 N–H and O–H groups in total. The second kappa shape index (κ2) is 10.3. The highest BCUT2D eigenvalue weighted by Gasteiger charge is 2.41. The van der Waals surface area contributed by atoms with Crippen molar-refractivity contribution in [1.82, 2.24) is 15.1 Å². The Balaban J connectivity index is 1.24. The van der Waals surface area contributed by atoms with Gasteiger partial charge in [0.15, 0.2) is 0 Å². The molecule has 0 aromatic heterocycles. The summed E-state index contributed by atoms with van der Waals surface area (Å²) in [6, 6.07) is 10.5. The van der Waals surface area contributed by atoms with Crippen LogP contribution in [0.2, 0.25) is 0 Å². The normalized spacial score (nSPS) is 20.3. The maximum atomic E-state index is 15.4. The molecule has 3 aromatic carbocycles. The van der Waals surface area contributed by atoms with E-state index in [9.17, 15) is 18.8 Å². The highest BCUT2D eigenvalue weighted by Crippen LogP contribution is 2.42. The second-order valence-electron chi connectivity index (χ2n) is 12.3. The van der Waals surface area contributed by atoms with Gasteiger partial charge in [-0.25, -0.2) is 8.78 Å². The minimum atomic E-state index is -0.855. The summed E-state index contributed by atoms with van der Waals surface area (Å²) in [4.78, 5) is 43.8. The van der Waals surface area contributed by atoms with Gasteiger partial charge in [0, 0.05) is 56.5 Å². The highest BCUT2D eigenvalue weighted by atomic mass is 19.1. The van der Waals surface area contributed by atoms with Gasteiger partial charge in [-0.15, -0.1) is 0 Å². The van der Waals surface area contributed by atoms with Crippen molar-refractivity contribution in [3.05, 3.63) is 76.4 Å². The van der Waals surface area contributed by atoms with E-state index in [4.69, 9.17) is 0 Å². The van der Waals surface area contributed by atoms with Gasteiger partial charge in [0.1, 0.15) is 17.7 Å². The molecule has 3 aliphatic heterocycles. The maximum Gasteiger partial charge on any atom is 0.259 e. The maximum absolute atomic E-state index is 15.4. The smallest absolute Gasteiger partial charge is 0.259 e. The largest absolute Gasteiger partial charge is 0.297 e. The van der Waals surface area contributed by atoms with Gasteiger partial charge < -0.3 is 0 Å². The van der Waals surface area contributed by atoms with E-state index in [0.717, 1.165) is 31.7 Å². The van der Waals surface area contributed by atoms with Gasteiger partial charge in [-0.2, -0.15) is 0 Å². The zero-order valence-electron chi connectivity index (χ0n) is 23.6. The summed E-state index contributed by atoms with van der Waals surface area (Å²) in [5.41, 5.74) is 2.89. The first-order valence-corrected chi connectivity index (χ1v) is 14.2. The van der Waals surface area contributed by atoms with Crippen LogP contribution >= 0.6 is 0 Å². The first kappa shape index (κ1) is 27.5. The molecule has 2 saturated heterocycles. The molecule has 1 atom stereocenters. The molecule has 2 fully saturated rings. The predicted molar refractivity (Wildman–Crippen MR) is 153 cm³/mol. The molecule has 214 valence electrons. The molecule has 0 aliphatic carbocycles. The fourth-order valence-corrected chi connectivity index (χ4v) is 6.36. The summed E-state index contributed by atoms with van der Waals surface area (Å²) >= 11 is 0. The summed E-state index contributed by atoms with van der Waals surface area (Å²) in [7, 11) is 0. The molecule has 0 saturated carbocycles. The number of amides is 3. The Morgan fingerprint density at radius 3 is 2.34 bits per heavy atom. The van der Waals surface area contributed by atoms with E-state index < -0.39 is 23.7 Å². The summed E-state index contributed by atoms with van der Waals surface area (Å²) < 4.78 is 30.1. The van der Waals surface area contributed by atoms with E-state index in [1.54, 1.807) is 24.3 Å². The minimum Gasteiger partial charge on any atom is -0.297 e.